The van der Waals surface area contributed by atoms with E-state index in [9.17, 15) is 0 Å². The Bertz CT molecular complexity index is 353. The van der Waals surface area contributed by atoms with Crippen LogP contribution in [0.3, 0.4) is 0 Å². The first-order valence-electron chi connectivity index (χ1n) is 4.36. The van der Waals surface area contributed by atoms with Gasteiger partial charge in [0.15, 0.2) is 10.6 Å². The molecule has 0 saturated carbocycles. The first-order chi connectivity index (χ1) is 7.79. The summed E-state index contributed by atoms with van der Waals surface area (Å²) in [7, 11) is -4.67. The lowest BCUT2D eigenvalue weighted by Gasteiger charge is -1.82. The first kappa shape index (κ1) is 16.4. The van der Waals surface area contributed by atoms with Gasteiger partial charge in [0.2, 0.25) is 0 Å². The van der Waals surface area contributed by atoms with Crippen molar-refractivity contribution in [1.82, 2.24) is 10.6 Å². The maximum Gasteiger partial charge on any atom is 0.394 e. The predicted octanol–water partition coefficient (Wildman–Crippen LogP) is -0.284. The topological polar surface area (TPSA) is 123 Å². The first-order valence-corrected chi connectivity index (χ1v) is 6.52. The number of nitrogens with one attached hydrogen (secondary N) is 2. The number of amidine groups is 2. The van der Waals surface area contributed by atoms with Gasteiger partial charge >= 0.3 is 10.4 Å². The van der Waals surface area contributed by atoms with Crippen LogP contribution in [0.1, 0.15) is 0 Å². The molecule has 0 aromatic heterocycles. The van der Waals surface area contributed by atoms with Crippen LogP contribution in [-0.4, -0.2) is 54.3 Å². The smallest absolute Gasteiger partial charge is 0.359 e. The zero-order valence-corrected chi connectivity index (χ0v) is 10.9. The number of hydrogen-bond acceptors (Lipinski definition) is 6. The van der Waals surface area contributed by atoms with Crippen LogP contribution in [0.4, 0.5) is 0 Å². The standard InChI is InChI=1S/2C3H5ClN2.H2O4S/c2*4-3-5-1-2-6-3;1-5(2,3)4/h2*1-2H2,(H,5,6);(H2,1,2,3,4). The van der Waals surface area contributed by atoms with E-state index in [4.69, 9.17) is 40.7 Å². The summed E-state index contributed by atoms with van der Waals surface area (Å²) in [6.07, 6.45) is 0. The molecule has 0 saturated heterocycles. The molecule has 0 spiro atoms. The Labute approximate surface area is 109 Å². The molecule has 0 aliphatic carbocycles. The van der Waals surface area contributed by atoms with Crippen LogP contribution in [0.25, 0.3) is 0 Å². The van der Waals surface area contributed by atoms with Gasteiger partial charge in [-0.25, -0.2) is 0 Å². The second-order valence-corrected chi connectivity index (χ2v) is 4.26. The molecule has 0 aromatic carbocycles. The van der Waals surface area contributed by atoms with Crippen molar-refractivity contribution < 1.29 is 17.5 Å². The second kappa shape index (κ2) is 8.48. The molecule has 17 heavy (non-hydrogen) atoms. The minimum atomic E-state index is -4.67. The normalized spacial score (nSPS) is 17.4. The van der Waals surface area contributed by atoms with Gasteiger partial charge in [-0.05, 0) is 23.2 Å². The van der Waals surface area contributed by atoms with Gasteiger partial charge in [0.25, 0.3) is 0 Å². The summed E-state index contributed by atoms with van der Waals surface area (Å²) in [5, 5.41) is 6.77. The van der Waals surface area contributed by atoms with Crippen molar-refractivity contribution in [3.8, 4) is 0 Å². The fraction of sp³-hybridized carbons (Fsp3) is 0.667. The van der Waals surface area contributed by atoms with E-state index in [1.807, 2.05) is 0 Å². The van der Waals surface area contributed by atoms with E-state index in [0.29, 0.717) is 10.6 Å². The van der Waals surface area contributed by atoms with Crippen molar-refractivity contribution in [1.29, 1.82) is 0 Å². The largest absolute Gasteiger partial charge is 0.394 e. The molecule has 2 aliphatic rings. The maximum absolute atomic E-state index is 8.74. The van der Waals surface area contributed by atoms with Crippen LogP contribution >= 0.6 is 23.2 Å². The quantitative estimate of drug-likeness (QED) is 0.360. The Morgan fingerprint density at radius 1 is 1.00 bits per heavy atom. The Morgan fingerprint density at radius 3 is 1.35 bits per heavy atom. The molecule has 2 aliphatic heterocycles. The van der Waals surface area contributed by atoms with Gasteiger partial charge in [0, 0.05) is 13.1 Å². The molecular formula is C6H12Cl2N4O4S. The van der Waals surface area contributed by atoms with Crippen molar-refractivity contribution in [2.24, 2.45) is 9.98 Å². The highest BCUT2D eigenvalue weighted by Crippen LogP contribution is 1.87. The molecule has 11 heteroatoms. The Kier molecular flexibility index (Phi) is 8.17. The monoisotopic (exact) mass is 306 g/mol. The van der Waals surface area contributed by atoms with Gasteiger partial charge in [-0.3, -0.25) is 19.1 Å². The summed E-state index contributed by atoms with van der Waals surface area (Å²) in [6, 6.07) is 0. The van der Waals surface area contributed by atoms with E-state index < -0.39 is 10.4 Å². The van der Waals surface area contributed by atoms with Gasteiger partial charge in [-0.15, -0.1) is 0 Å². The number of aliphatic imine (C=N–C) groups is 2. The summed E-state index contributed by atoms with van der Waals surface area (Å²) < 4.78 is 31.6. The third-order valence-corrected chi connectivity index (χ3v) is 1.77. The van der Waals surface area contributed by atoms with Crippen molar-refractivity contribution in [3.05, 3.63) is 0 Å². The molecule has 100 valence electrons. The predicted molar refractivity (Wildman–Crippen MR) is 66.5 cm³/mol. The van der Waals surface area contributed by atoms with E-state index in [0.717, 1.165) is 26.2 Å². The van der Waals surface area contributed by atoms with E-state index in [1.165, 1.54) is 0 Å². The van der Waals surface area contributed by atoms with E-state index in [1.54, 1.807) is 0 Å². The summed E-state index contributed by atoms with van der Waals surface area (Å²) in [5.74, 6) is 0. The molecule has 0 atom stereocenters. The molecule has 0 aromatic rings. The van der Waals surface area contributed by atoms with Crippen molar-refractivity contribution >= 4 is 44.2 Å². The van der Waals surface area contributed by atoms with Crippen molar-refractivity contribution in [3.63, 3.8) is 0 Å². The van der Waals surface area contributed by atoms with Gasteiger partial charge < -0.3 is 10.6 Å². The molecule has 0 unspecified atom stereocenters. The summed E-state index contributed by atoms with van der Waals surface area (Å²) in [5.41, 5.74) is 0. The average molecular weight is 307 g/mol. The SMILES string of the molecule is ClC1=NCCN1.ClC1=NCCN1.O=S(=O)(O)O. The molecule has 8 nitrogen and oxygen atoms in total. The van der Waals surface area contributed by atoms with Crippen molar-refractivity contribution in [2.75, 3.05) is 26.2 Å². The minimum absolute atomic E-state index is 0.551. The molecule has 2 rings (SSSR count). The fourth-order valence-electron chi connectivity index (χ4n) is 0.738. The van der Waals surface area contributed by atoms with Gasteiger partial charge in [0.1, 0.15) is 0 Å². The molecule has 0 fully saturated rings. The summed E-state index contributed by atoms with van der Waals surface area (Å²) in [6.45, 7) is 3.47. The third kappa shape index (κ3) is 15.4. The highest BCUT2D eigenvalue weighted by atomic mass is 35.5. The van der Waals surface area contributed by atoms with E-state index in [-0.39, 0.29) is 0 Å². The molecule has 4 N–H and O–H groups in total. The number of nitrogens with zero attached hydrogens (tertiary/aromatic N) is 2. The lowest BCUT2D eigenvalue weighted by atomic mass is 10.7. The maximum atomic E-state index is 8.74. The lowest BCUT2D eigenvalue weighted by Crippen LogP contribution is -2.11. The minimum Gasteiger partial charge on any atom is -0.359 e. The highest BCUT2D eigenvalue weighted by molar-refractivity contribution is 7.79. The van der Waals surface area contributed by atoms with E-state index >= 15 is 0 Å². The van der Waals surface area contributed by atoms with Crippen LogP contribution in [0, 0.1) is 0 Å². The van der Waals surface area contributed by atoms with Crippen LogP contribution in [0.15, 0.2) is 9.98 Å². The van der Waals surface area contributed by atoms with Crippen LogP contribution in [0.2, 0.25) is 0 Å². The van der Waals surface area contributed by atoms with Crippen LogP contribution < -0.4 is 10.6 Å². The average Bonchev–Trinajstić information content (AvgIpc) is 2.76. The van der Waals surface area contributed by atoms with Gasteiger partial charge in [0.05, 0.1) is 13.1 Å². The molecule has 2 heterocycles. The van der Waals surface area contributed by atoms with Gasteiger partial charge in [-0.2, -0.15) is 8.42 Å². The fourth-order valence-corrected chi connectivity index (χ4v) is 1.10. The zero-order valence-electron chi connectivity index (χ0n) is 8.60. The lowest BCUT2D eigenvalue weighted by molar-refractivity contribution is 0.381. The Hall–Kier alpha value is -0.610. The third-order valence-electron chi connectivity index (χ3n) is 1.27. The van der Waals surface area contributed by atoms with Crippen molar-refractivity contribution in [2.45, 2.75) is 0 Å². The summed E-state index contributed by atoms with van der Waals surface area (Å²) in [4.78, 5) is 7.61. The number of rotatable bonds is 0. The molecule has 0 bridgehead atoms. The van der Waals surface area contributed by atoms with Crippen LogP contribution in [-0.2, 0) is 10.4 Å². The zero-order chi connectivity index (χ0) is 13.3. The van der Waals surface area contributed by atoms with Crippen LogP contribution in [0.5, 0.6) is 0 Å². The second-order valence-electron chi connectivity index (χ2n) is 2.65. The van der Waals surface area contributed by atoms with Gasteiger partial charge in [-0.1, -0.05) is 0 Å². The molecular weight excluding hydrogens is 295 g/mol. The Balaban J connectivity index is 0.000000228. The number of halogens is 2. The van der Waals surface area contributed by atoms with E-state index in [2.05, 4.69) is 20.6 Å². The highest BCUT2D eigenvalue weighted by Gasteiger charge is 1.96. The summed E-state index contributed by atoms with van der Waals surface area (Å²) >= 11 is 10.7. The molecule has 0 amide bonds. The Morgan fingerprint density at radius 2 is 1.29 bits per heavy atom. The molecule has 0 radical (unpaired) electrons. The number of hydrogen-bond donors (Lipinski definition) is 4.